The van der Waals surface area contributed by atoms with Gasteiger partial charge in [0.15, 0.2) is 5.65 Å². The SMILES string of the molecule is COC(=O)c1cnc2nc(-c3ccccc3)c(CCCCC(OC(C)(C)C)=C3CC3)nc2c1. The fourth-order valence-corrected chi connectivity index (χ4v) is 3.80. The second-order valence-corrected chi connectivity index (χ2v) is 9.39. The molecule has 0 atom stereocenters. The number of carbonyl (C=O) groups is 1. The topological polar surface area (TPSA) is 74.2 Å². The van der Waals surface area contributed by atoms with E-state index in [1.165, 1.54) is 24.6 Å². The lowest BCUT2D eigenvalue weighted by Crippen LogP contribution is -2.18. The van der Waals surface area contributed by atoms with E-state index in [4.69, 9.17) is 19.4 Å². The number of methoxy groups -OCH3 is 1. The first kappa shape index (κ1) is 22.9. The molecule has 2 heterocycles. The smallest absolute Gasteiger partial charge is 0.339 e. The van der Waals surface area contributed by atoms with E-state index in [2.05, 4.69) is 25.8 Å². The molecule has 2 aromatic heterocycles. The Labute approximate surface area is 195 Å². The number of hydrogen-bond donors (Lipinski definition) is 0. The van der Waals surface area contributed by atoms with Gasteiger partial charge in [0, 0.05) is 18.2 Å². The predicted molar refractivity (Wildman–Crippen MR) is 129 cm³/mol. The summed E-state index contributed by atoms with van der Waals surface area (Å²) in [6.45, 7) is 6.30. The molecular formula is C27H31N3O3. The molecule has 33 heavy (non-hydrogen) atoms. The van der Waals surface area contributed by atoms with E-state index in [1.807, 2.05) is 30.3 Å². The number of fused-ring (bicyclic) bond motifs is 1. The summed E-state index contributed by atoms with van der Waals surface area (Å²) in [7, 11) is 1.36. The zero-order valence-electron chi connectivity index (χ0n) is 19.9. The van der Waals surface area contributed by atoms with Crippen LogP contribution < -0.4 is 0 Å². The van der Waals surface area contributed by atoms with Crippen molar-refractivity contribution in [2.24, 2.45) is 0 Å². The van der Waals surface area contributed by atoms with Gasteiger partial charge in [-0.3, -0.25) is 0 Å². The number of benzene rings is 1. The maximum Gasteiger partial charge on any atom is 0.339 e. The Kier molecular flexibility index (Phi) is 6.72. The van der Waals surface area contributed by atoms with E-state index in [0.717, 1.165) is 55.5 Å². The van der Waals surface area contributed by atoms with Crippen LogP contribution in [0.1, 0.15) is 68.9 Å². The van der Waals surface area contributed by atoms with E-state index in [9.17, 15) is 4.79 Å². The second-order valence-electron chi connectivity index (χ2n) is 9.39. The number of carbonyl (C=O) groups excluding carboxylic acids is 1. The minimum Gasteiger partial charge on any atom is -0.493 e. The van der Waals surface area contributed by atoms with Crippen LogP contribution in [0.4, 0.5) is 0 Å². The van der Waals surface area contributed by atoms with Gasteiger partial charge in [-0.05, 0) is 64.5 Å². The minimum absolute atomic E-state index is 0.167. The van der Waals surface area contributed by atoms with Gasteiger partial charge < -0.3 is 9.47 Å². The lowest BCUT2D eigenvalue weighted by atomic mass is 10.0. The predicted octanol–water partition coefficient (Wildman–Crippen LogP) is 6.05. The molecular weight excluding hydrogens is 414 g/mol. The summed E-state index contributed by atoms with van der Waals surface area (Å²) in [5, 5.41) is 0. The van der Waals surface area contributed by atoms with Crippen LogP contribution >= 0.6 is 0 Å². The fraction of sp³-hybridized carbons (Fsp3) is 0.407. The van der Waals surface area contributed by atoms with Crippen molar-refractivity contribution in [1.82, 2.24) is 15.0 Å². The third-order valence-corrected chi connectivity index (χ3v) is 5.45. The van der Waals surface area contributed by atoms with E-state index >= 15 is 0 Å². The number of rotatable bonds is 8. The first-order valence-corrected chi connectivity index (χ1v) is 11.5. The molecule has 1 fully saturated rings. The van der Waals surface area contributed by atoms with Gasteiger partial charge in [-0.25, -0.2) is 19.7 Å². The van der Waals surface area contributed by atoms with Crippen molar-refractivity contribution in [2.75, 3.05) is 7.11 Å². The first-order chi connectivity index (χ1) is 15.8. The highest BCUT2D eigenvalue weighted by molar-refractivity contribution is 5.92. The fourth-order valence-electron chi connectivity index (χ4n) is 3.80. The Morgan fingerprint density at radius 3 is 2.48 bits per heavy atom. The zero-order valence-corrected chi connectivity index (χ0v) is 19.9. The van der Waals surface area contributed by atoms with Crippen LogP contribution in [-0.4, -0.2) is 33.6 Å². The summed E-state index contributed by atoms with van der Waals surface area (Å²) >= 11 is 0. The Morgan fingerprint density at radius 2 is 1.82 bits per heavy atom. The molecule has 0 spiro atoms. The van der Waals surface area contributed by atoms with Gasteiger partial charge >= 0.3 is 5.97 Å². The standard InChI is InChI=1S/C27H31N3O3/c1-27(2,3)33-23(18-14-15-18)13-9-8-12-21-24(19-10-6-5-7-11-19)30-25-22(29-21)16-20(17-28-25)26(31)32-4/h5-7,10-11,16-17H,8-9,12-15H2,1-4H3. The number of pyridine rings is 1. The van der Waals surface area contributed by atoms with Crippen molar-refractivity contribution < 1.29 is 14.3 Å². The summed E-state index contributed by atoms with van der Waals surface area (Å²) in [4.78, 5) is 26.0. The average Bonchev–Trinajstić information content (AvgIpc) is 3.65. The Bertz CT molecular complexity index is 1170. The molecule has 6 heteroatoms. The molecule has 0 unspecified atom stereocenters. The Morgan fingerprint density at radius 1 is 1.06 bits per heavy atom. The monoisotopic (exact) mass is 445 g/mol. The van der Waals surface area contributed by atoms with Gasteiger partial charge in [-0.15, -0.1) is 0 Å². The Hall–Kier alpha value is -3.28. The number of allylic oxidation sites excluding steroid dienone is 2. The van der Waals surface area contributed by atoms with Gasteiger partial charge in [0.1, 0.15) is 11.1 Å². The molecule has 6 nitrogen and oxygen atoms in total. The second kappa shape index (κ2) is 9.69. The van der Waals surface area contributed by atoms with Crippen LogP contribution in [0.15, 0.2) is 53.9 Å². The van der Waals surface area contributed by atoms with Crippen LogP contribution in [0.3, 0.4) is 0 Å². The molecule has 1 aromatic carbocycles. The van der Waals surface area contributed by atoms with Crippen molar-refractivity contribution >= 4 is 17.1 Å². The number of ether oxygens (including phenoxy) is 2. The molecule has 3 aromatic rings. The average molecular weight is 446 g/mol. The third kappa shape index (κ3) is 5.95. The quantitative estimate of drug-likeness (QED) is 0.239. The largest absolute Gasteiger partial charge is 0.493 e. The summed E-state index contributed by atoms with van der Waals surface area (Å²) < 4.78 is 11.0. The van der Waals surface area contributed by atoms with Crippen LogP contribution in [0.25, 0.3) is 22.4 Å². The normalized spacial score (nSPS) is 13.2. The van der Waals surface area contributed by atoms with Crippen LogP contribution in [0.2, 0.25) is 0 Å². The van der Waals surface area contributed by atoms with Gasteiger partial charge in [-0.1, -0.05) is 30.3 Å². The van der Waals surface area contributed by atoms with Crippen molar-refractivity contribution in [3.8, 4) is 11.3 Å². The van der Waals surface area contributed by atoms with E-state index in [1.54, 1.807) is 6.07 Å². The number of nitrogens with zero attached hydrogens (tertiary/aromatic N) is 3. The lowest BCUT2D eigenvalue weighted by molar-refractivity contribution is 0.0453. The third-order valence-electron chi connectivity index (χ3n) is 5.45. The molecule has 0 bridgehead atoms. The molecule has 1 aliphatic carbocycles. The molecule has 1 aliphatic rings. The minimum atomic E-state index is -0.431. The maximum atomic E-state index is 11.9. The van der Waals surface area contributed by atoms with Gasteiger partial charge in [-0.2, -0.15) is 0 Å². The van der Waals surface area contributed by atoms with E-state index in [-0.39, 0.29) is 5.60 Å². The number of esters is 1. The van der Waals surface area contributed by atoms with Crippen molar-refractivity contribution in [3.05, 3.63) is 65.2 Å². The highest BCUT2D eigenvalue weighted by atomic mass is 16.5. The van der Waals surface area contributed by atoms with E-state index < -0.39 is 5.97 Å². The molecule has 4 rings (SSSR count). The lowest BCUT2D eigenvalue weighted by Gasteiger charge is -2.23. The van der Waals surface area contributed by atoms with Gasteiger partial charge in [0.05, 0.1) is 29.8 Å². The Balaban J connectivity index is 1.56. The van der Waals surface area contributed by atoms with Crippen LogP contribution in [0.5, 0.6) is 0 Å². The van der Waals surface area contributed by atoms with E-state index in [0.29, 0.717) is 16.7 Å². The van der Waals surface area contributed by atoms with Crippen molar-refractivity contribution in [3.63, 3.8) is 0 Å². The van der Waals surface area contributed by atoms with Crippen LogP contribution in [0, 0.1) is 0 Å². The summed E-state index contributed by atoms with van der Waals surface area (Å²) in [6, 6.07) is 11.8. The van der Waals surface area contributed by atoms with Crippen molar-refractivity contribution in [1.29, 1.82) is 0 Å². The number of aromatic nitrogens is 3. The summed E-state index contributed by atoms with van der Waals surface area (Å²) in [5.74, 6) is 0.738. The molecule has 1 saturated carbocycles. The number of hydrogen-bond acceptors (Lipinski definition) is 6. The summed E-state index contributed by atoms with van der Waals surface area (Å²) in [6.07, 6.45) is 7.53. The molecule has 0 saturated heterocycles. The maximum absolute atomic E-state index is 11.9. The molecule has 0 N–H and O–H groups in total. The first-order valence-electron chi connectivity index (χ1n) is 11.5. The van der Waals surface area contributed by atoms with Crippen molar-refractivity contribution in [2.45, 2.75) is 64.9 Å². The number of aryl methyl sites for hydroxylation is 1. The summed E-state index contributed by atoms with van der Waals surface area (Å²) in [5.41, 5.74) is 5.55. The van der Waals surface area contributed by atoms with Crippen LogP contribution in [-0.2, 0) is 15.9 Å². The van der Waals surface area contributed by atoms with Gasteiger partial charge in [0.25, 0.3) is 0 Å². The zero-order chi connectivity index (χ0) is 23.4. The highest BCUT2D eigenvalue weighted by Gasteiger charge is 2.23. The molecule has 0 radical (unpaired) electrons. The number of unbranched alkanes of at least 4 members (excludes halogenated alkanes) is 1. The molecule has 0 amide bonds. The molecule has 172 valence electrons. The highest BCUT2D eigenvalue weighted by Crippen LogP contribution is 2.36. The molecule has 0 aliphatic heterocycles. The van der Waals surface area contributed by atoms with Gasteiger partial charge in [0.2, 0.25) is 0 Å².